The van der Waals surface area contributed by atoms with Crippen molar-refractivity contribution < 1.29 is 0 Å². The first-order valence-electron chi connectivity index (χ1n) is 17.8. The third-order valence-corrected chi connectivity index (χ3v) is 11.4. The van der Waals surface area contributed by atoms with Crippen LogP contribution in [-0.4, -0.2) is 0 Å². The van der Waals surface area contributed by atoms with Crippen molar-refractivity contribution >= 4 is 17.7 Å². The Morgan fingerprint density at radius 1 is 0.571 bits per heavy atom. The van der Waals surface area contributed by atoms with E-state index in [9.17, 15) is 0 Å². The van der Waals surface area contributed by atoms with Crippen molar-refractivity contribution in [2.45, 2.75) is 45.4 Å². The highest BCUT2D eigenvalue weighted by atomic mass is 14.5. The minimum Gasteiger partial charge on any atom is -0.0841 e. The second kappa shape index (κ2) is 11.6. The molecule has 0 bridgehead atoms. The van der Waals surface area contributed by atoms with Crippen molar-refractivity contribution in [1.29, 1.82) is 0 Å². The summed E-state index contributed by atoms with van der Waals surface area (Å²) in [5.41, 5.74) is 20.0. The Morgan fingerprint density at radius 2 is 1.14 bits per heavy atom. The van der Waals surface area contributed by atoms with Crippen LogP contribution in [0.5, 0.6) is 0 Å². The van der Waals surface area contributed by atoms with Crippen molar-refractivity contribution in [2.24, 2.45) is 0 Å². The second-order valence-electron chi connectivity index (χ2n) is 13.8. The number of hydrogen-bond acceptors (Lipinski definition) is 0. The smallest absolute Gasteiger partial charge is 0.0725 e. The highest BCUT2D eigenvalue weighted by Crippen LogP contribution is 2.62. The molecule has 6 aromatic carbocycles. The molecule has 3 aliphatic carbocycles. The first kappa shape index (κ1) is 29.7. The predicted octanol–water partition coefficient (Wildman–Crippen LogP) is 11.0. The van der Waals surface area contributed by atoms with Gasteiger partial charge in [-0.25, -0.2) is 0 Å². The molecule has 0 amide bonds. The van der Waals surface area contributed by atoms with Crippen molar-refractivity contribution in [3.05, 3.63) is 195 Å². The van der Waals surface area contributed by atoms with Gasteiger partial charge in [-0.3, -0.25) is 0 Å². The van der Waals surface area contributed by atoms with E-state index in [0.29, 0.717) is 0 Å². The zero-order valence-electron chi connectivity index (χ0n) is 28.6. The maximum Gasteiger partial charge on any atom is 0.0725 e. The molecule has 0 aliphatic heterocycles. The van der Waals surface area contributed by atoms with E-state index in [1.165, 1.54) is 93.9 Å². The van der Waals surface area contributed by atoms with E-state index in [4.69, 9.17) is 0 Å². The van der Waals surface area contributed by atoms with Crippen LogP contribution in [0.4, 0.5) is 0 Å². The van der Waals surface area contributed by atoms with E-state index in [0.717, 1.165) is 19.3 Å². The summed E-state index contributed by atoms with van der Waals surface area (Å²) in [5.74, 6) is 0. The fourth-order valence-corrected chi connectivity index (χ4v) is 9.06. The highest BCUT2D eigenvalue weighted by Gasteiger charge is 2.51. The van der Waals surface area contributed by atoms with Gasteiger partial charge in [0.2, 0.25) is 0 Å². The molecular formula is C49H40. The van der Waals surface area contributed by atoms with Crippen LogP contribution in [-0.2, 0) is 11.8 Å². The largest absolute Gasteiger partial charge is 0.0841 e. The first-order valence-corrected chi connectivity index (χ1v) is 17.8. The Bertz CT molecular complexity index is 2440. The molecule has 0 unspecified atom stereocenters. The second-order valence-corrected chi connectivity index (χ2v) is 13.8. The predicted molar refractivity (Wildman–Crippen MR) is 208 cm³/mol. The fraction of sp³-hybridized carbons (Fsp3) is 0.143. The third kappa shape index (κ3) is 4.37. The number of allylic oxidation sites excluding steroid dienone is 4. The van der Waals surface area contributed by atoms with Gasteiger partial charge in [-0.05, 0) is 140 Å². The molecule has 0 aromatic heterocycles. The maximum atomic E-state index is 2.46. The molecule has 0 heteroatoms. The maximum absolute atomic E-state index is 2.46. The lowest BCUT2D eigenvalue weighted by Gasteiger charge is -2.30. The van der Waals surface area contributed by atoms with Gasteiger partial charge in [0, 0.05) is 0 Å². The Morgan fingerprint density at radius 3 is 1.78 bits per heavy atom. The molecule has 9 rings (SSSR count). The average molecular weight is 629 g/mol. The van der Waals surface area contributed by atoms with Gasteiger partial charge in [0.1, 0.15) is 0 Å². The normalized spacial score (nSPS) is 15.1. The molecule has 6 aromatic rings. The summed E-state index contributed by atoms with van der Waals surface area (Å²) in [5, 5.41) is 2.79. The van der Waals surface area contributed by atoms with E-state index in [-0.39, 0.29) is 5.41 Å². The van der Waals surface area contributed by atoms with Gasteiger partial charge in [-0.2, -0.15) is 0 Å². The topological polar surface area (TPSA) is 0 Å². The zero-order valence-corrected chi connectivity index (χ0v) is 28.6. The van der Waals surface area contributed by atoms with Gasteiger partial charge in [0.05, 0.1) is 5.41 Å². The van der Waals surface area contributed by atoms with Crippen LogP contribution >= 0.6 is 0 Å². The minimum absolute atomic E-state index is 0.292. The van der Waals surface area contributed by atoms with E-state index >= 15 is 0 Å². The fourth-order valence-electron chi connectivity index (χ4n) is 9.06. The van der Waals surface area contributed by atoms with Crippen LogP contribution in [0.2, 0.25) is 0 Å². The van der Waals surface area contributed by atoms with E-state index in [1.807, 2.05) is 0 Å². The molecular weight excluding hydrogens is 589 g/mol. The average Bonchev–Trinajstić information content (AvgIpc) is 3.63. The van der Waals surface area contributed by atoms with E-state index < -0.39 is 0 Å². The number of benzene rings is 6. The van der Waals surface area contributed by atoms with Gasteiger partial charge in [-0.15, -0.1) is 0 Å². The van der Waals surface area contributed by atoms with Gasteiger partial charge in [0.15, 0.2) is 0 Å². The minimum atomic E-state index is -0.292. The highest BCUT2D eigenvalue weighted by molar-refractivity contribution is 5.96. The molecule has 0 N–H and O–H groups in total. The lowest BCUT2D eigenvalue weighted by atomic mass is 9.70. The number of fused-ring (bicyclic) bond motifs is 11. The number of hydrogen-bond donors (Lipinski definition) is 0. The summed E-state index contributed by atoms with van der Waals surface area (Å²) in [6.07, 6.45) is 12.5. The molecule has 49 heavy (non-hydrogen) atoms. The van der Waals surface area contributed by atoms with Crippen molar-refractivity contribution in [2.75, 3.05) is 0 Å². The van der Waals surface area contributed by atoms with Gasteiger partial charge in [-0.1, -0.05) is 146 Å². The van der Waals surface area contributed by atoms with Crippen LogP contribution in [0.1, 0.15) is 72.6 Å². The van der Waals surface area contributed by atoms with Crippen molar-refractivity contribution in [3.63, 3.8) is 0 Å². The lowest BCUT2D eigenvalue weighted by Crippen LogP contribution is -2.31. The van der Waals surface area contributed by atoms with Crippen LogP contribution in [0.25, 0.3) is 51.1 Å². The van der Waals surface area contributed by atoms with Gasteiger partial charge in [0.25, 0.3) is 0 Å². The van der Waals surface area contributed by atoms with Crippen molar-refractivity contribution in [1.82, 2.24) is 0 Å². The Labute approximate surface area is 290 Å². The summed E-state index contributed by atoms with van der Waals surface area (Å²) in [7, 11) is 0. The SMILES string of the molecule is C/C=C(C)\C(=C/C)c1ccc2c(c1Cc1ccc(-c3ccc4c(c3)-c3ccccc3C43c4ccccc4-c4ccccc43)cc1)=CCCC=2. The Balaban J connectivity index is 1.13. The Kier molecular flexibility index (Phi) is 7.02. The van der Waals surface area contributed by atoms with Gasteiger partial charge < -0.3 is 0 Å². The molecule has 0 atom stereocenters. The number of rotatable bonds is 5. The summed E-state index contributed by atoms with van der Waals surface area (Å²) < 4.78 is 0. The molecule has 0 saturated heterocycles. The van der Waals surface area contributed by atoms with Gasteiger partial charge >= 0.3 is 0 Å². The summed E-state index contributed by atoms with van der Waals surface area (Å²) in [6, 6.07) is 48.3. The first-order chi connectivity index (χ1) is 24.1. The third-order valence-electron chi connectivity index (χ3n) is 11.4. The summed E-state index contributed by atoms with van der Waals surface area (Å²) in [6.45, 7) is 6.53. The van der Waals surface area contributed by atoms with E-state index in [2.05, 4.69) is 172 Å². The molecule has 3 aliphatic rings. The lowest BCUT2D eigenvalue weighted by molar-refractivity contribution is 0.794. The van der Waals surface area contributed by atoms with Crippen LogP contribution in [0.15, 0.2) is 145 Å². The standard InChI is InChI=1S/C49H40/c1-4-32(3)37(5-2)39-28-26-35-14-6-7-15-38(35)43(39)30-33-22-24-34(25-23-33)36-27-29-48-44(31-36)42-18-10-13-21-47(42)49(48)45-19-11-8-16-40(45)41-17-9-12-20-46(41)49/h4-5,8-29,31H,6-7,30H2,1-3H3/b32-4-,37-5+. The monoisotopic (exact) mass is 628 g/mol. The van der Waals surface area contributed by atoms with Crippen molar-refractivity contribution in [3.8, 4) is 33.4 Å². The zero-order chi connectivity index (χ0) is 33.1. The Hall–Kier alpha value is -5.46. The molecule has 0 radical (unpaired) electrons. The molecule has 236 valence electrons. The summed E-state index contributed by atoms with van der Waals surface area (Å²) >= 11 is 0. The van der Waals surface area contributed by atoms with Crippen LogP contribution < -0.4 is 10.4 Å². The quantitative estimate of drug-likeness (QED) is 0.166. The molecule has 0 fully saturated rings. The molecule has 0 saturated carbocycles. The molecule has 0 heterocycles. The molecule has 0 nitrogen and oxygen atoms in total. The van der Waals surface area contributed by atoms with Crippen LogP contribution in [0, 0.1) is 0 Å². The van der Waals surface area contributed by atoms with E-state index in [1.54, 1.807) is 0 Å². The molecule has 1 spiro atoms. The summed E-state index contributed by atoms with van der Waals surface area (Å²) in [4.78, 5) is 0. The van der Waals surface area contributed by atoms with Crippen LogP contribution in [0.3, 0.4) is 0 Å².